The summed E-state index contributed by atoms with van der Waals surface area (Å²) in [5, 5.41) is 19.3. The van der Waals surface area contributed by atoms with Gasteiger partial charge >= 0.3 is 24.2 Å². The van der Waals surface area contributed by atoms with Gasteiger partial charge in [-0.05, 0) is 47.9 Å². The van der Waals surface area contributed by atoms with E-state index in [4.69, 9.17) is 44.1 Å². The zero-order valence-corrected chi connectivity index (χ0v) is 32.3. The third-order valence-electron chi connectivity index (χ3n) is 7.33. The van der Waals surface area contributed by atoms with E-state index in [0.29, 0.717) is 16.3 Å². The second-order valence-corrected chi connectivity index (χ2v) is 14.8. The molecule has 4 N–H and O–H groups in total. The molecule has 0 saturated heterocycles. The van der Waals surface area contributed by atoms with Crippen molar-refractivity contribution < 1.29 is 67.6 Å². The molecule has 0 aromatic heterocycles. The van der Waals surface area contributed by atoms with Crippen molar-refractivity contribution in [3.8, 4) is 0 Å². The van der Waals surface area contributed by atoms with Gasteiger partial charge in [0, 0.05) is 11.5 Å². The van der Waals surface area contributed by atoms with Crippen molar-refractivity contribution in [3.63, 3.8) is 0 Å². The number of allylic oxidation sites excluding steroid dienone is 1. The van der Waals surface area contributed by atoms with Gasteiger partial charge in [0.1, 0.15) is 57.1 Å². The number of thioether (sulfide) groups is 2. The lowest BCUT2D eigenvalue weighted by Gasteiger charge is -2.25. The molecule has 2 atom stereocenters. The van der Waals surface area contributed by atoms with Gasteiger partial charge in [-0.3, -0.25) is 14.8 Å². The van der Waals surface area contributed by atoms with Crippen molar-refractivity contribution >= 4 is 47.8 Å². The quantitative estimate of drug-likeness (QED) is 0.0361. The third-order valence-corrected chi connectivity index (χ3v) is 9.14. The standard InChI is InChI=1S/C37H49NO14S2/c1-26(2)53-20-30-10-6-28(7-11-30)18-48-32(40)36(4,22-39)23-50-34(42)46-16-14-45-15-17-47-35(43)51-24-37(5,25-52-44)33(41)49-19-29-8-12-31(13-9-29)21-54-27(3)38/h6-13,39,44H,1,3,14-25,38H2,2,4-5H3. The van der Waals surface area contributed by atoms with Crippen LogP contribution in [0.3, 0.4) is 0 Å². The Labute approximate surface area is 323 Å². The van der Waals surface area contributed by atoms with E-state index in [2.05, 4.69) is 18.0 Å². The van der Waals surface area contributed by atoms with Crippen LogP contribution in [0, 0.1) is 10.8 Å². The summed E-state index contributed by atoms with van der Waals surface area (Å²) < 4.78 is 35.8. The normalized spacial score (nSPS) is 13.1. The first-order chi connectivity index (χ1) is 25.7. The van der Waals surface area contributed by atoms with Crippen LogP contribution in [0.4, 0.5) is 9.59 Å². The largest absolute Gasteiger partial charge is 0.508 e. The Morgan fingerprint density at radius 1 is 0.648 bits per heavy atom. The molecule has 2 aromatic carbocycles. The van der Waals surface area contributed by atoms with Crippen molar-refractivity contribution in [2.45, 2.75) is 45.5 Å². The maximum absolute atomic E-state index is 12.8. The number of carbonyl (C=O) groups excluding carboxylic acids is 4. The first kappa shape index (κ1) is 45.9. The molecule has 0 amide bonds. The van der Waals surface area contributed by atoms with Crippen LogP contribution in [0.5, 0.6) is 0 Å². The van der Waals surface area contributed by atoms with Gasteiger partial charge in [0.25, 0.3) is 0 Å². The lowest BCUT2D eigenvalue weighted by Crippen LogP contribution is -2.39. The summed E-state index contributed by atoms with van der Waals surface area (Å²) in [4.78, 5) is 54.7. The molecule has 0 spiro atoms. The van der Waals surface area contributed by atoms with Gasteiger partial charge in [-0.15, -0.1) is 23.5 Å². The van der Waals surface area contributed by atoms with Gasteiger partial charge in [0.15, 0.2) is 0 Å². The molecule has 298 valence electrons. The summed E-state index contributed by atoms with van der Waals surface area (Å²) in [5.74, 6) is -0.108. The highest BCUT2D eigenvalue weighted by atomic mass is 32.2. The van der Waals surface area contributed by atoms with Crippen molar-refractivity contribution in [2.75, 3.05) is 52.9 Å². The summed E-state index contributed by atoms with van der Waals surface area (Å²) in [5.41, 5.74) is 6.08. The molecule has 2 aromatic rings. The second kappa shape index (κ2) is 24.2. The Bertz CT molecular complexity index is 1520. The Kier molecular flexibility index (Phi) is 20.6. The fraction of sp³-hybridized carbons (Fsp3) is 0.459. The Hall–Kier alpha value is -4.26. The van der Waals surface area contributed by atoms with Gasteiger partial charge in [0.05, 0.1) is 24.8 Å². The molecule has 2 unspecified atom stereocenters. The van der Waals surface area contributed by atoms with Gasteiger partial charge in [-0.1, -0.05) is 61.7 Å². The van der Waals surface area contributed by atoms with E-state index in [1.165, 1.54) is 25.6 Å². The molecule has 0 aliphatic heterocycles. The number of nitrogens with two attached hydrogens (primary N) is 1. The van der Waals surface area contributed by atoms with E-state index >= 15 is 0 Å². The zero-order valence-electron chi connectivity index (χ0n) is 30.7. The number of hydrogen-bond donors (Lipinski definition) is 3. The van der Waals surface area contributed by atoms with E-state index in [-0.39, 0.29) is 39.6 Å². The van der Waals surface area contributed by atoms with Crippen LogP contribution in [0.15, 0.2) is 71.6 Å². The number of hydrogen-bond acceptors (Lipinski definition) is 17. The minimum absolute atomic E-state index is 0.0253. The summed E-state index contributed by atoms with van der Waals surface area (Å²) in [7, 11) is 0. The molecular formula is C37H49NO14S2. The number of carbonyl (C=O) groups is 4. The van der Waals surface area contributed by atoms with Crippen LogP contribution >= 0.6 is 23.5 Å². The van der Waals surface area contributed by atoms with Crippen molar-refractivity contribution in [1.82, 2.24) is 0 Å². The number of benzene rings is 2. The Morgan fingerprint density at radius 2 is 1.07 bits per heavy atom. The summed E-state index contributed by atoms with van der Waals surface area (Å²) in [6.45, 7) is 9.34. The molecule has 0 heterocycles. The highest BCUT2D eigenvalue weighted by Crippen LogP contribution is 2.23. The monoisotopic (exact) mass is 795 g/mol. The summed E-state index contributed by atoms with van der Waals surface area (Å²) in [6, 6.07) is 14.8. The molecule has 0 aliphatic carbocycles. The number of aliphatic hydroxyl groups excluding tert-OH is 1. The van der Waals surface area contributed by atoms with Crippen LogP contribution in [-0.4, -0.2) is 87.5 Å². The molecule has 54 heavy (non-hydrogen) atoms. The molecule has 0 bridgehead atoms. The van der Waals surface area contributed by atoms with Gasteiger partial charge in [-0.2, -0.15) is 0 Å². The predicted octanol–water partition coefficient (Wildman–Crippen LogP) is 5.72. The minimum Gasteiger partial charge on any atom is -0.460 e. The third kappa shape index (κ3) is 17.7. The van der Waals surface area contributed by atoms with Crippen LogP contribution in [0.1, 0.15) is 43.0 Å². The molecule has 0 radical (unpaired) electrons. The fourth-order valence-electron chi connectivity index (χ4n) is 3.95. The van der Waals surface area contributed by atoms with E-state index < -0.39 is 61.5 Å². The lowest BCUT2D eigenvalue weighted by atomic mass is 9.93. The average molecular weight is 796 g/mol. The minimum atomic E-state index is -1.54. The SMILES string of the molecule is C=C(C)SCc1ccc(COC(=O)C(C)(CO)COC(=O)OCCOCCOC(=O)OCC(C)(COO)C(=O)OCc2ccc(CSC(=C)N)cc2)cc1. The van der Waals surface area contributed by atoms with Crippen LogP contribution in [-0.2, 0) is 72.4 Å². The molecule has 15 nitrogen and oxygen atoms in total. The van der Waals surface area contributed by atoms with Gasteiger partial charge in [0.2, 0.25) is 0 Å². The molecule has 2 rings (SSSR count). The summed E-state index contributed by atoms with van der Waals surface area (Å²) in [6.07, 6.45) is -2.20. The molecular weight excluding hydrogens is 747 g/mol. The first-order valence-corrected chi connectivity index (χ1v) is 18.6. The van der Waals surface area contributed by atoms with Crippen LogP contribution in [0.2, 0.25) is 0 Å². The van der Waals surface area contributed by atoms with Gasteiger partial charge in [-0.25, -0.2) is 14.5 Å². The second-order valence-electron chi connectivity index (χ2n) is 12.5. The van der Waals surface area contributed by atoms with E-state index in [1.807, 2.05) is 43.3 Å². The first-order valence-electron chi connectivity index (χ1n) is 16.6. The Morgan fingerprint density at radius 3 is 1.50 bits per heavy atom. The van der Waals surface area contributed by atoms with Gasteiger partial charge < -0.3 is 44.0 Å². The van der Waals surface area contributed by atoms with Crippen molar-refractivity contribution in [2.24, 2.45) is 16.6 Å². The highest BCUT2D eigenvalue weighted by Gasteiger charge is 2.38. The smallest absolute Gasteiger partial charge is 0.460 e. The topological polar surface area (TPSA) is 209 Å². The average Bonchev–Trinajstić information content (AvgIpc) is 3.16. The maximum atomic E-state index is 12.8. The van der Waals surface area contributed by atoms with E-state index in [0.717, 1.165) is 27.3 Å². The lowest BCUT2D eigenvalue weighted by molar-refractivity contribution is -0.265. The Balaban J connectivity index is 1.62. The van der Waals surface area contributed by atoms with Crippen LogP contribution < -0.4 is 5.73 Å². The molecule has 0 fully saturated rings. The van der Waals surface area contributed by atoms with Crippen molar-refractivity contribution in [1.29, 1.82) is 0 Å². The zero-order chi connectivity index (χ0) is 40.0. The fourth-order valence-corrected chi connectivity index (χ4v) is 5.10. The highest BCUT2D eigenvalue weighted by molar-refractivity contribution is 8.02. The summed E-state index contributed by atoms with van der Waals surface area (Å²) >= 11 is 3.03. The number of esters is 2. The number of rotatable bonds is 25. The van der Waals surface area contributed by atoms with Crippen LogP contribution in [0.25, 0.3) is 0 Å². The van der Waals surface area contributed by atoms with E-state index in [1.54, 1.807) is 23.9 Å². The number of ether oxygens (including phenoxy) is 7. The maximum Gasteiger partial charge on any atom is 0.508 e. The molecule has 0 saturated carbocycles. The van der Waals surface area contributed by atoms with E-state index in [9.17, 15) is 24.3 Å². The molecule has 17 heteroatoms. The molecule has 0 aliphatic rings. The predicted molar refractivity (Wildman–Crippen MR) is 201 cm³/mol. The van der Waals surface area contributed by atoms with Crippen molar-refractivity contribution in [3.05, 3.63) is 93.9 Å². The number of aliphatic hydroxyl groups is 1.